The van der Waals surface area contributed by atoms with Gasteiger partial charge in [-0.05, 0) is 30.0 Å². The fourth-order valence-electron chi connectivity index (χ4n) is 1.50. The van der Waals surface area contributed by atoms with Crippen molar-refractivity contribution in [1.82, 2.24) is 5.32 Å². The van der Waals surface area contributed by atoms with E-state index in [0.717, 1.165) is 0 Å². The molecule has 0 fully saturated rings. The van der Waals surface area contributed by atoms with Crippen molar-refractivity contribution in [2.45, 2.75) is 20.3 Å². The number of amides is 1. The Labute approximate surface area is 112 Å². The largest absolute Gasteiger partial charge is 0.398 e. The molecule has 0 aromatic heterocycles. The molecule has 0 saturated heterocycles. The van der Waals surface area contributed by atoms with E-state index in [1.165, 1.54) is 0 Å². The number of nitrogens with two attached hydrogens (primary N) is 1. The van der Waals surface area contributed by atoms with Crippen molar-refractivity contribution in [2.24, 2.45) is 5.41 Å². The van der Waals surface area contributed by atoms with Crippen LogP contribution < -0.4 is 11.1 Å². The quantitative estimate of drug-likeness (QED) is 0.717. The Hall–Kier alpha value is -1.26. The predicted octanol–water partition coefficient (Wildman–Crippen LogP) is 2.06. The highest BCUT2D eigenvalue weighted by Gasteiger charge is 2.18. The van der Waals surface area contributed by atoms with E-state index < -0.39 is 0 Å². The first-order valence-corrected chi connectivity index (χ1v) is 6.17. The smallest absolute Gasteiger partial charge is 0.251 e. The Morgan fingerprint density at radius 3 is 2.72 bits per heavy atom. The van der Waals surface area contributed by atoms with Crippen LogP contribution in [0.3, 0.4) is 0 Å². The van der Waals surface area contributed by atoms with Crippen molar-refractivity contribution in [3.05, 3.63) is 28.8 Å². The molecular formula is C13H19ClN2O2. The molecule has 0 heterocycles. The predicted molar refractivity (Wildman–Crippen MR) is 73.7 cm³/mol. The van der Waals surface area contributed by atoms with Crippen molar-refractivity contribution in [2.75, 3.05) is 18.9 Å². The number of nitrogen functional groups attached to an aromatic ring is 1. The normalized spacial score (nSPS) is 11.3. The summed E-state index contributed by atoms with van der Waals surface area (Å²) in [6, 6.07) is 4.79. The molecule has 1 aromatic carbocycles. The zero-order chi connectivity index (χ0) is 13.8. The Morgan fingerprint density at radius 2 is 2.17 bits per heavy atom. The SMILES string of the molecule is CC(C)(CCO)CNC(=O)c1ccc(Cl)c(N)c1. The van der Waals surface area contributed by atoms with Gasteiger partial charge < -0.3 is 16.2 Å². The van der Waals surface area contributed by atoms with E-state index in [2.05, 4.69) is 5.32 Å². The van der Waals surface area contributed by atoms with E-state index >= 15 is 0 Å². The molecule has 0 aliphatic rings. The second-order valence-electron chi connectivity index (χ2n) is 5.06. The van der Waals surface area contributed by atoms with E-state index in [-0.39, 0.29) is 17.9 Å². The van der Waals surface area contributed by atoms with Gasteiger partial charge in [-0.15, -0.1) is 0 Å². The number of rotatable bonds is 5. The molecule has 100 valence electrons. The van der Waals surface area contributed by atoms with Crippen LogP contribution in [0, 0.1) is 5.41 Å². The maximum absolute atomic E-state index is 11.9. The molecule has 0 saturated carbocycles. The highest BCUT2D eigenvalue weighted by Crippen LogP contribution is 2.20. The minimum Gasteiger partial charge on any atom is -0.398 e. The fourth-order valence-corrected chi connectivity index (χ4v) is 1.62. The van der Waals surface area contributed by atoms with Crippen LogP contribution in [0.4, 0.5) is 5.69 Å². The zero-order valence-electron chi connectivity index (χ0n) is 10.7. The number of aliphatic hydroxyl groups excluding tert-OH is 1. The summed E-state index contributed by atoms with van der Waals surface area (Å²) in [6.07, 6.45) is 0.635. The lowest BCUT2D eigenvalue weighted by molar-refractivity contribution is 0.0928. The molecule has 0 unspecified atom stereocenters. The van der Waals surface area contributed by atoms with E-state index in [1.807, 2.05) is 13.8 Å². The number of nitrogens with one attached hydrogen (secondary N) is 1. The molecule has 0 spiro atoms. The molecule has 0 radical (unpaired) electrons. The zero-order valence-corrected chi connectivity index (χ0v) is 11.4. The summed E-state index contributed by atoms with van der Waals surface area (Å²) >= 11 is 5.79. The van der Waals surface area contributed by atoms with Crippen molar-refractivity contribution >= 4 is 23.2 Å². The minimum absolute atomic E-state index is 0.108. The summed E-state index contributed by atoms with van der Waals surface area (Å²) in [5, 5.41) is 12.2. The number of anilines is 1. The summed E-state index contributed by atoms with van der Waals surface area (Å²) in [5.41, 5.74) is 6.38. The fraction of sp³-hybridized carbons (Fsp3) is 0.462. The number of hydrogen-bond donors (Lipinski definition) is 3. The van der Waals surface area contributed by atoms with Crippen molar-refractivity contribution < 1.29 is 9.90 Å². The van der Waals surface area contributed by atoms with Crippen LogP contribution in [-0.4, -0.2) is 24.2 Å². The molecule has 18 heavy (non-hydrogen) atoms. The second kappa shape index (κ2) is 6.07. The average molecular weight is 271 g/mol. The van der Waals surface area contributed by atoms with Crippen molar-refractivity contribution in [1.29, 1.82) is 0 Å². The van der Waals surface area contributed by atoms with Gasteiger partial charge in [-0.1, -0.05) is 25.4 Å². The standard InChI is InChI=1S/C13H19ClN2O2/c1-13(2,5-6-17)8-16-12(18)9-3-4-10(14)11(15)7-9/h3-4,7,17H,5-6,8,15H2,1-2H3,(H,16,18). The number of hydrogen-bond acceptors (Lipinski definition) is 3. The summed E-state index contributed by atoms with van der Waals surface area (Å²) in [6.45, 7) is 4.57. The number of aliphatic hydroxyl groups is 1. The van der Waals surface area contributed by atoms with E-state index in [4.69, 9.17) is 22.4 Å². The highest BCUT2D eigenvalue weighted by molar-refractivity contribution is 6.33. The van der Waals surface area contributed by atoms with Crippen LogP contribution in [-0.2, 0) is 0 Å². The summed E-state index contributed by atoms with van der Waals surface area (Å²) in [4.78, 5) is 11.9. The molecule has 0 atom stereocenters. The molecule has 4 N–H and O–H groups in total. The first-order chi connectivity index (χ1) is 8.35. The van der Waals surface area contributed by atoms with Crippen LogP contribution in [0.25, 0.3) is 0 Å². The van der Waals surface area contributed by atoms with Gasteiger partial charge in [-0.3, -0.25) is 4.79 Å². The third-order valence-electron chi connectivity index (χ3n) is 2.77. The highest BCUT2D eigenvalue weighted by atomic mass is 35.5. The molecule has 0 aliphatic heterocycles. The van der Waals surface area contributed by atoms with Gasteiger partial charge in [-0.2, -0.15) is 0 Å². The topological polar surface area (TPSA) is 75.3 Å². The number of carbonyl (C=O) groups excluding carboxylic acids is 1. The summed E-state index contributed by atoms with van der Waals surface area (Å²) in [7, 11) is 0. The van der Waals surface area contributed by atoms with Crippen LogP contribution in [0.5, 0.6) is 0 Å². The van der Waals surface area contributed by atoms with Gasteiger partial charge >= 0.3 is 0 Å². The van der Waals surface area contributed by atoms with E-state index in [1.54, 1.807) is 18.2 Å². The molecule has 1 aromatic rings. The summed E-state index contributed by atoms with van der Waals surface area (Å²) < 4.78 is 0. The monoisotopic (exact) mass is 270 g/mol. The van der Waals surface area contributed by atoms with Gasteiger partial charge in [0.1, 0.15) is 0 Å². The molecule has 0 bridgehead atoms. The lowest BCUT2D eigenvalue weighted by atomic mass is 9.89. The summed E-state index contributed by atoms with van der Waals surface area (Å²) in [5.74, 6) is -0.190. The maximum Gasteiger partial charge on any atom is 0.251 e. The van der Waals surface area contributed by atoms with Crippen molar-refractivity contribution in [3.63, 3.8) is 0 Å². The number of benzene rings is 1. The van der Waals surface area contributed by atoms with Crippen LogP contribution in [0.2, 0.25) is 5.02 Å². The van der Waals surface area contributed by atoms with E-state index in [0.29, 0.717) is 29.2 Å². The number of carbonyl (C=O) groups is 1. The third-order valence-corrected chi connectivity index (χ3v) is 3.12. The van der Waals surface area contributed by atoms with Crippen LogP contribution in [0.15, 0.2) is 18.2 Å². The molecule has 5 heteroatoms. The molecule has 4 nitrogen and oxygen atoms in total. The Kier molecular flexibility index (Phi) is 4.99. The first-order valence-electron chi connectivity index (χ1n) is 5.80. The Balaban J connectivity index is 2.63. The lowest BCUT2D eigenvalue weighted by Crippen LogP contribution is -2.34. The van der Waals surface area contributed by atoms with Gasteiger partial charge in [0.15, 0.2) is 0 Å². The minimum atomic E-state index is -0.190. The van der Waals surface area contributed by atoms with Gasteiger partial charge in [0.2, 0.25) is 0 Å². The Bertz CT molecular complexity index is 433. The van der Waals surface area contributed by atoms with Gasteiger partial charge in [-0.25, -0.2) is 0 Å². The van der Waals surface area contributed by atoms with Gasteiger partial charge in [0, 0.05) is 18.7 Å². The first kappa shape index (κ1) is 14.8. The molecular weight excluding hydrogens is 252 g/mol. The average Bonchev–Trinajstić information content (AvgIpc) is 2.30. The maximum atomic E-state index is 11.9. The van der Waals surface area contributed by atoms with Crippen LogP contribution >= 0.6 is 11.6 Å². The second-order valence-corrected chi connectivity index (χ2v) is 5.46. The lowest BCUT2D eigenvalue weighted by Gasteiger charge is -2.23. The molecule has 0 aliphatic carbocycles. The van der Waals surface area contributed by atoms with E-state index in [9.17, 15) is 4.79 Å². The number of halogens is 1. The van der Waals surface area contributed by atoms with Crippen LogP contribution in [0.1, 0.15) is 30.6 Å². The Morgan fingerprint density at radius 1 is 1.50 bits per heavy atom. The van der Waals surface area contributed by atoms with Crippen molar-refractivity contribution in [3.8, 4) is 0 Å². The third kappa shape index (κ3) is 4.20. The van der Waals surface area contributed by atoms with Gasteiger partial charge in [0.25, 0.3) is 5.91 Å². The van der Waals surface area contributed by atoms with Gasteiger partial charge in [0.05, 0.1) is 10.7 Å². The molecule has 1 rings (SSSR count). The molecule has 1 amide bonds.